The summed E-state index contributed by atoms with van der Waals surface area (Å²) in [5, 5.41) is 3.18. The molecule has 0 radical (unpaired) electrons. The Morgan fingerprint density at radius 3 is 2.49 bits per heavy atom. The maximum Gasteiger partial charge on any atom is 0.294 e. The zero-order chi connectivity index (χ0) is 25.5. The second-order valence-electron chi connectivity index (χ2n) is 8.94. The van der Waals surface area contributed by atoms with Gasteiger partial charge in [0.05, 0.1) is 10.4 Å². The molecule has 2 aromatic carbocycles. The normalized spacial score (nSPS) is 18.1. The number of hydrogen-bond donors (Lipinski definition) is 1. The van der Waals surface area contributed by atoms with Crippen molar-refractivity contribution in [1.29, 1.82) is 0 Å². The molecule has 6 nitrogen and oxygen atoms in total. The molecule has 1 saturated heterocycles. The molecule has 0 aliphatic carbocycles. The minimum atomic E-state index is -0.524. The van der Waals surface area contributed by atoms with Crippen LogP contribution in [0.15, 0.2) is 47.4 Å². The highest BCUT2D eigenvalue weighted by Crippen LogP contribution is 2.42. The number of imide groups is 1. The van der Waals surface area contributed by atoms with Crippen molar-refractivity contribution in [3.63, 3.8) is 0 Å². The van der Waals surface area contributed by atoms with E-state index in [9.17, 15) is 14.4 Å². The summed E-state index contributed by atoms with van der Waals surface area (Å²) in [5.74, 6) is -1.01. The fourth-order valence-electron chi connectivity index (χ4n) is 4.46. The average Bonchev–Trinajstić information content (AvgIpc) is 3.03. The first-order valence-corrected chi connectivity index (χ1v) is 12.7. The van der Waals surface area contributed by atoms with Gasteiger partial charge < -0.3 is 10.2 Å². The second kappa shape index (κ2) is 9.72. The van der Waals surface area contributed by atoms with Crippen LogP contribution < -0.4 is 10.2 Å². The molecule has 2 aliphatic heterocycles. The third-order valence-electron chi connectivity index (χ3n) is 6.00. The number of allylic oxidation sites excluding steroid dienone is 1. The zero-order valence-corrected chi connectivity index (χ0v) is 22.1. The van der Waals surface area contributed by atoms with Crippen LogP contribution in [-0.2, 0) is 9.59 Å². The Bertz CT molecular complexity index is 1290. The molecule has 0 saturated carbocycles. The van der Waals surface area contributed by atoms with Gasteiger partial charge in [-0.2, -0.15) is 0 Å². The summed E-state index contributed by atoms with van der Waals surface area (Å²) in [6, 6.07) is 10.4. The van der Waals surface area contributed by atoms with Crippen molar-refractivity contribution >= 4 is 75.0 Å². The lowest BCUT2D eigenvalue weighted by Gasteiger charge is -2.43. The van der Waals surface area contributed by atoms with Crippen molar-refractivity contribution < 1.29 is 14.4 Å². The smallest absolute Gasteiger partial charge is 0.294 e. The molecule has 2 aliphatic rings. The van der Waals surface area contributed by atoms with Crippen LogP contribution in [0.25, 0.3) is 11.6 Å². The van der Waals surface area contributed by atoms with Crippen molar-refractivity contribution in [3.8, 4) is 0 Å². The zero-order valence-electron chi connectivity index (χ0n) is 19.8. The molecule has 182 valence electrons. The molecular formula is C26H25Cl2N3O3S. The maximum absolute atomic E-state index is 13.0. The highest BCUT2D eigenvalue weighted by molar-refractivity contribution is 8.18. The van der Waals surface area contributed by atoms with Crippen molar-refractivity contribution in [2.75, 3.05) is 23.3 Å². The van der Waals surface area contributed by atoms with Crippen molar-refractivity contribution in [1.82, 2.24) is 4.90 Å². The van der Waals surface area contributed by atoms with Gasteiger partial charge in [0.25, 0.3) is 11.1 Å². The lowest BCUT2D eigenvalue weighted by Crippen LogP contribution is -2.44. The number of hydrogen-bond acceptors (Lipinski definition) is 5. The van der Waals surface area contributed by atoms with E-state index in [0.717, 1.165) is 40.0 Å². The molecule has 4 rings (SSSR count). The SMILES string of the molecule is CCN1c2cc(Cl)c(/C=C3/SC(=O)N(CC(=O)Nc4ccc(Cl)cc4)C3=O)cc2C(C)=CC1(C)C. The third-order valence-corrected chi connectivity index (χ3v) is 7.49. The fourth-order valence-corrected chi connectivity index (χ4v) is 5.63. The number of anilines is 2. The molecule has 2 heterocycles. The summed E-state index contributed by atoms with van der Waals surface area (Å²) in [6.45, 7) is 8.90. The molecule has 0 atom stereocenters. The molecule has 1 fully saturated rings. The first-order chi connectivity index (χ1) is 16.5. The molecule has 1 N–H and O–H groups in total. The number of carbonyl (C=O) groups excluding carboxylic acids is 3. The van der Waals surface area contributed by atoms with Crippen LogP contribution in [-0.4, -0.2) is 40.6 Å². The van der Waals surface area contributed by atoms with Crippen LogP contribution >= 0.6 is 35.0 Å². The second-order valence-corrected chi connectivity index (χ2v) is 10.8. The Morgan fingerprint density at radius 1 is 1.14 bits per heavy atom. The van der Waals surface area contributed by atoms with Crippen molar-refractivity contribution in [2.24, 2.45) is 0 Å². The van der Waals surface area contributed by atoms with E-state index < -0.39 is 17.1 Å². The van der Waals surface area contributed by atoms with E-state index in [0.29, 0.717) is 21.3 Å². The van der Waals surface area contributed by atoms with Gasteiger partial charge >= 0.3 is 0 Å². The predicted octanol–water partition coefficient (Wildman–Crippen LogP) is 6.69. The van der Waals surface area contributed by atoms with Crippen molar-refractivity contribution in [3.05, 3.63) is 68.6 Å². The molecular weight excluding hydrogens is 505 g/mol. The Labute approximate surface area is 218 Å². The van der Waals surface area contributed by atoms with Gasteiger partial charge in [0.1, 0.15) is 6.54 Å². The van der Waals surface area contributed by atoms with Gasteiger partial charge in [-0.3, -0.25) is 19.3 Å². The van der Waals surface area contributed by atoms with E-state index in [2.05, 4.69) is 44.0 Å². The van der Waals surface area contributed by atoms with E-state index >= 15 is 0 Å². The summed E-state index contributed by atoms with van der Waals surface area (Å²) >= 11 is 13.3. The van der Waals surface area contributed by atoms with Gasteiger partial charge in [-0.15, -0.1) is 0 Å². The molecule has 3 amide bonds. The largest absolute Gasteiger partial charge is 0.363 e. The van der Waals surface area contributed by atoms with Crippen LogP contribution in [0.5, 0.6) is 0 Å². The number of fused-ring (bicyclic) bond motifs is 1. The first kappa shape index (κ1) is 25.4. The first-order valence-electron chi connectivity index (χ1n) is 11.1. The molecule has 9 heteroatoms. The molecule has 2 aromatic rings. The maximum atomic E-state index is 13.0. The van der Waals surface area contributed by atoms with Gasteiger partial charge in [0.15, 0.2) is 0 Å². The number of benzene rings is 2. The topological polar surface area (TPSA) is 69.7 Å². The van der Waals surface area contributed by atoms with Gasteiger partial charge in [-0.05, 0) is 93.1 Å². The van der Waals surface area contributed by atoms with Crippen molar-refractivity contribution in [2.45, 2.75) is 33.2 Å². The number of amides is 3. The van der Waals surface area contributed by atoms with E-state index in [-0.39, 0.29) is 17.0 Å². The standard InChI is InChI=1S/C26H25Cl2N3O3S/c1-5-31-21-12-20(28)16(10-19(21)15(2)13-26(31,3)4)11-22-24(33)30(25(34)35-22)14-23(32)29-18-8-6-17(27)7-9-18/h6-13H,5,14H2,1-4H3,(H,29,32)/b22-11+. The van der Waals surface area contributed by atoms with E-state index in [1.165, 1.54) is 0 Å². The van der Waals surface area contributed by atoms with Gasteiger partial charge in [0.2, 0.25) is 5.91 Å². The van der Waals surface area contributed by atoms with Gasteiger partial charge in [-0.1, -0.05) is 29.3 Å². The van der Waals surface area contributed by atoms with Crippen LogP contribution in [0.3, 0.4) is 0 Å². The Morgan fingerprint density at radius 2 is 1.83 bits per heavy atom. The van der Waals surface area contributed by atoms with E-state index in [1.807, 2.05) is 12.1 Å². The van der Waals surface area contributed by atoms with Crippen LogP contribution in [0.4, 0.5) is 16.2 Å². The van der Waals surface area contributed by atoms with Gasteiger partial charge in [0, 0.05) is 33.5 Å². The highest BCUT2D eigenvalue weighted by atomic mass is 35.5. The number of rotatable bonds is 5. The monoisotopic (exact) mass is 529 g/mol. The number of halogens is 2. The van der Waals surface area contributed by atoms with Crippen LogP contribution in [0.2, 0.25) is 10.0 Å². The molecule has 0 bridgehead atoms. The molecule has 0 aromatic heterocycles. The minimum Gasteiger partial charge on any atom is -0.363 e. The minimum absolute atomic E-state index is 0.147. The summed E-state index contributed by atoms with van der Waals surface area (Å²) in [6.07, 6.45) is 3.83. The van der Waals surface area contributed by atoms with Crippen LogP contribution in [0, 0.1) is 0 Å². The third kappa shape index (κ3) is 5.13. The average molecular weight is 530 g/mol. The van der Waals surface area contributed by atoms with Gasteiger partial charge in [-0.25, -0.2) is 0 Å². The lowest BCUT2D eigenvalue weighted by atomic mass is 9.88. The number of likely N-dealkylation sites (N-methyl/N-ethyl adjacent to an activating group) is 1. The number of nitrogens with one attached hydrogen (secondary N) is 1. The highest BCUT2D eigenvalue weighted by Gasteiger charge is 2.37. The Balaban J connectivity index is 1.56. The fraction of sp³-hybridized carbons (Fsp3) is 0.269. The summed E-state index contributed by atoms with van der Waals surface area (Å²) < 4.78 is 0. The Hall–Kier alpha value is -2.74. The van der Waals surface area contributed by atoms with E-state index in [4.69, 9.17) is 23.2 Å². The Kier molecular flexibility index (Phi) is 7.04. The molecule has 35 heavy (non-hydrogen) atoms. The quantitative estimate of drug-likeness (QED) is 0.436. The summed E-state index contributed by atoms with van der Waals surface area (Å²) in [7, 11) is 0. The molecule has 0 spiro atoms. The summed E-state index contributed by atoms with van der Waals surface area (Å²) in [4.78, 5) is 41.3. The summed E-state index contributed by atoms with van der Waals surface area (Å²) in [5.41, 5.74) is 4.20. The predicted molar refractivity (Wildman–Crippen MR) is 145 cm³/mol. The van der Waals surface area contributed by atoms with Crippen LogP contribution in [0.1, 0.15) is 38.8 Å². The van der Waals surface area contributed by atoms with E-state index in [1.54, 1.807) is 30.3 Å². The number of nitrogens with zero attached hydrogens (tertiary/aromatic N) is 2. The number of carbonyl (C=O) groups is 3. The molecule has 0 unspecified atom stereocenters. The lowest BCUT2D eigenvalue weighted by molar-refractivity contribution is -0.127. The number of thioether (sulfide) groups is 1.